The van der Waals surface area contributed by atoms with Gasteiger partial charge in [-0.25, -0.2) is 0 Å². The fourth-order valence-corrected chi connectivity index (χ4v) is 1.08. The van der Waals surface area contributed by atoms with Crippen LogP contribution >= 0.6 is 0 Å². The third-order valence-electron chi connectivity index (χ3n) is 1.81. The molecule has 0 atom stereocenters. The average Bonchev–Trinajstić information content (AvgIpc) is 2.19. The fourth-order valence-electron chi connectivity index (χ4n) is 1.08. The van der Waals surface area contributed by atoms with Crippen molar-refractivity contribution in [2.75, 3.05) is 13.1 Å². The molecule has 0 saturated heterocycles. The van der Waals surface area contributed by atoms with Crippen LogP contribution in [0.5, 0.6) is 0 Å². The van der Waals surface area contributed by atoms with Gasteiger partial charge in [0.05, 0.1) is 0 Å². The van der Waals surface area contributed by atoms with Crippen LogP contribution in [0.1, 0.15) is 12.5 Å². The number of nitrogens with zero attached hydrogens (tertiary/aromatic N) is 1. The smallest absolute Gasteiger partial charge is 0.0300 e. The van der Waals surface area contributed by atoms with Gasteiger partial charge in [0.25, 0.3) is 0 Å². The maximum atomic E-state index is 4.06. The standard InChI is InChI=1S/C11H16N2/c1-2-3-7-12-9-6-11-5-4-8-13-10-11/h2-5,8,10,12H,6-7,9H2,1H3/b3-2+. The highest BCUT2D eigenvalue weighted by atomic mass is 14.8. The molecule has 0 amide bonds. The lowest BCUT2D eigenvalue weighted by molar-refractivity contribution is 0.742. The van der Waals surface area contributed by atoms with Crippen molar-refractivity contribution in [2.45, 2.75) is 13.3 Å². The van der Waals surface area contributed by atoms with E-state index in [1.54, 1.807) is 6.20 Å². The zero-order valence-corrected chi connectivity index (χ0v) is 8.03. The molecule has 70 valence electrons. The summed E-state index contributed by atoms with van der Waals surface area (Å²) in [7, 11) is 0. The Bertz CT molecular complexity index is 242. The first-order valence-electron chi connectivity index (χ1n) is 4.64. The molecule has 0 unspecified atom stereocenters. The van der Waals surface area contributed by atoms with Crippen LogP contribution in [0.2, 0.25) is 0 Å². The number of hydrogen-bond donors (Lipinski definition) is 1. The van der Waals surface area contributed by atoms with Gasteiger partial charge >= 0.3 is 0 Å². The fraction of sp³-hybridized carbons (Fsp3) is 0.364. The minimum Gasteiger partial charge on any atom is -0.313 e. The SMILES string of the molecule is C/C=C/CNCCc1cccnc1. The number of nitrogens with one attached hydrogen (secondary N) is 1. The Balaban J connectivity index is 2.13. The predicted octanol–water partition coefficient (Wildman–Crippen LogP) is 1.79. The van der Waals surface area contributed by atoms with Crippen LogP contribution in [0, 0.1) is 0 Å². The highest BCUT2D eigenvalue weighted by molar-refractivity contribution is 5.08. The molecule has 0 aromatic carbocycles. The van der Waals surface area contributed by atoms with Crippen molar-refractivity contribution in [3.63, 3.8) is 0 Å². The van der Waals surface area contributed by atoms with E-state index in [1.165, 1.54) is 5.56 Å². The number of hydrogen-bond acceptors (Lipinski definition) is 2. The molecule has 1 N–H and O–H groups in total. The van der Waals surface area contributed by atoms with Gasteiger partial charge in [0.1, 0.15) is 0 Å². The first-order valence-corrected chi connectivity index (χ1v) is 4.64. The Morgan fingerprint density at radius 3 is 3.15 bits per heavy atom. The summed E-state index contributed by atoms with van der Waals surface area (Å²) in [4.78, 5) is 4.06. The summed E-state index contributed by atoms with van der Waals surface area (Å²) in [5.41, 5.74) is 1.29. The Labute approximate surface area is 79.7 Å². The highest BCUT2D eigenvalue weighted by Gasteiger charge is 1.89. The van der Waals surface area contributed by atoms with E-state index >= 15 is 0 Å². The number of aromatic nitrogens is 1. The Morgan fingerprint density at radius 2 is 2.46 bits per heavy atom. The van der Waals surface area contributed by atoms with Gasteiger partial charge in [0.15, 0.2) is 0 Å². The van der Waals surface area contributed by atoms with Crippen LogP contribution in [0.3, 0.4) is 0 Å². The Hall–Kier alpha value is -1.15. The monoisotopic (exact) mass is 176 g/mol. The molecule has 13 heavy (non-hydrogen) atoms. The van der Waals surface area contributed by atoms with Crippen LogP contribution in [0.4, 0.5) is 0 Å². The number of pyridine rings is 1. The van der Waals surface area contributed by atoms with Gasteiger partial charge in [-0.05, 0) is 31.5 Å². The van der Waals surface area contributed by atoms with Crippen LogP contribution < -0.4 is 5.32 Å². The molecule has 0 spiro atoms. The van der Waals surface area contributed by atoms with Gasteiger partial charge in [-0.15, -0.1) is 0 Å². The average molecular weight is 176 g/mol. The van der Waals surface area contributed by atoms with Crippen molar-refractivity contribution < 1.29 is 0 Å². The van der Waals surface area contributed by atoms with Gasteiger partial charge < -0.3 is 5.32 Å². The molecule has 0 fully saturated rings. The molecule has 0 aliphatic heterocycles. The maximum Gasteiger partial charge on any atom is 0.0300 e. The van der Waals surface area contributed by atoms with Crippen LogP contribution in [-0.4, -0.2) is 18.1 Å². The van der Waals surface area contributed by atoms with E-state index in [0.717, 1.165) is 19.5 Å². The van der Waals surface area contributed by atoms with Gasteiger partial charge in [0.2, 0.25) is 0 Å². The van der Waals surface area contributed by atoms with Crippen molar-refractivity contribution in [1.82, 2.24) is 10.3 Å². The lowest BCUT2D eigenvalue weighted by atomic mass is 10.2. The Kier molecular flexibility index (Phi) is 4.87. The van der Waals surface area contributed by atoms with Crippen molar-refractivity contribution in [3.05, 3.63) is 42.2 Å². The molecule has 2 heteroatoms. The van der Waals surface area contributed by atoms with Gasteiger partial charge in [-0.2, -0.15) is 0 Å². The van der Waals surface area contributed by atoms with Crippen molar-refractivity contribution in [2.24, 2.45) is 0 Å². The summed E-state index contributed by atoms with van der Waals surface area (Å²) in [6.07, 6.45) is 8.93. The van der Waals surface area contributed by atoms with E-state index in [2.05, 4.69) is 28.5 Å². The summed E-state index contributed by atoms with van der Waals surface area (Å²) < 4.78 is 0. The van der Waals surface area contributed by atoms with Crippen molar-refractivity contribution in [3.8, 4) is 0 Å². The second kappa shape index (κ2) is 6.38. The van der Waals surface area contributed by atoms with Gasteiger partial charge in [-0.3, -0.25) is 4.98 Å². The van der Waals surface area contributed by atoms with Crippen LogP contribution in [-0.2, 0) is 6.42 Å². The van der Waals surface area contributed by atoms with Crippen molar-refractivity contribution in [1.29, 1.82) is 0 Å². The minimum absolute atomic E-state index is 0.955. The van der Waals surface area contributed by atoms with E-state index in [0.29, 0.717) is 0 Å². The first kappa shape index (κ1) is 9.93. The molecule has 2 nitrogen and oxygen atoms in total. The number of rotatable bonds is 5. The molecule has 1 aromatic rings. The molecule has 0 saturated carbocycles. The number of allylic oxidation sites excluding steroid dienone is 1. The topological polar surface area (TPSA) is 24.9 Å². The van der Waals surface area contributed by atoms with E-state index < -0.39 is 0 Å². The lowest BCUT2D eigenvalue weighted by Crippen LogP contribution is -2.16. The second-order valence-electron chi connectivity index (χ2n) is 2.88. The van der Waals surface area contributed by atoms with E-state index in [1.807, 2.05) is 19.2 Å². The van der Waals surface area contributed by atoms with E-state index in [4.69, 9.17) is 0 Å². The third kappa shape index (κ3) is 4.43. The van der Waals surface area contributed by atoms with E-state index in [9.17, 15) is 0 Å². The predicted molar refractivity (Wildman–Crippen MR) is 55.6 cm³/mol. The quantitative estimate of drug-likeness (QED) is 0.546. The van der Waals surface area contributed by atoms with Crippen LogP contribution in [0.25, 0.3) is 0 Å². The highest BCUT2D eigenvalue weighted by Crippen LogP contribution is 1.94. The molecule has 1 aromatic heterocycles. The first-order chi connectivity index (χ1) is 6.43. The molecular weight excluding hydrogens is 160 g/mol. The summed E-state index contributed by atoms with van der Waals surface area (Å²) in [5, 5.41) is 3.32. The molecule has 0 bridgehead atoms. The maximum absolute atomic E-state index is 4.06. The molecule has 0 aliphatic rings. The molecule has 1 heterocycles. The Morgan fingerprint density at radius 1 is 1.54 bits per heavy atom. The van der Waals surface area contributed by atoms with Crippen molar-refractivity contribution >= 4 is 0 Å². The normalized spacial score (nSPS) is 10.8. The van der Waals surface area contributed by atoms with Crippen LogP contribution in [0.15, 0.2) is 36.7 Å². The molecule has 1 rings (SSSR count). The summed E-state index contributed by atoms with van der Waals surface area (Å²) in [6.45, 7) is 4.00. The molecule has 0 radical (unpaired) electrons. The zero-order chi connectivity index (χ0) is 9.36. The second-order valence-corrected chi connectivity index (χ2v) is 2.88. The van der Waals surface area contributed by atoms with E-state index in [-0.39, 0.29) is 0 Å². The van der Waals surface area contributed by atoms with Gasteiger partial charge in [0, 0.05) is 18.9 Å². The van der Waals surface area contributed by atoms with Gasteiger partial charge in [-0.1, -0.05) is 18.2 Å². The molecule has 0 aliphatic carbocycles. The third-order valence-corrected chi connectivity index (χ3v) is 1.81. The molecular formula is C11H16N2. The zero-order valence-electron chi connectivity index (χ0n) is 8.03. The summed E-state index contributed by atoms with van der Waals surface area (Å²) >= 11 is 0. The minimum atomic E-state index is 0.955. The summed E-state index contributed by atoms with van der Waals surface area (Å²) in [5.74, 6) is 0. The largest absolute Gasteiger partial charge is 0.313 e. The summed E-state index contributed by atoms with van der Waals surface area (Å²) in [6, 6.07) is 4.08. The lowest BCUT2D eigenvalue weighted by Gasteiger charge is -2.00.